The molecule has 0 aliphatic rings. The van der Waals surface area contributed by atoms with Crippen LogP contribution in [0.5, 0.6) is 5.88 Å². The van der Waals surface area contributed by atoms with Gasteiger partial charge in [0.1, 0.15) is 11.5 Å². The fourth-order valence-electron chi connectivity index (χ4n) is 2.52. The first kappa shape index (κ1) is 21.8. The molecule has 0 aliphatic carbocycles. The van der Waals surface area contributed by atoms with Gasteiger partial charge in [-0.2, -0.15) is 13.9 Å². The average molecular weight is 431 g/mol. The van der Waals surface area contributed by atoms with Crippen molar-refractivity contribution < 1.29 is 27.8 Å². The lowest BCUT2D eigenvalue weighted by Crippen LogP contribution is -2.19. The summed E-state index contributed by atoms with van der Waals surface area (Å²) in [7, 11) is 0. The number of carbonyl (C=O) groups is 1. The van der Waals surface area contributed by atoms with Crippen LogP contribution in [0.3, 0.4) is 0 Å². The van der Waals surface area contributed by atoms with Gasteiger partial charge in [0.2, 0.25) is 5.88 Å². The van der Waals surface area contributed by atoms with Crippen LogP contribution in [0.4, 0.5) is 13.2 Å². The zero-order valence-electron chi connectivity index (χ0n) is 16.0. The van der Waals surface area contributed by atoms with Crippen LogP contribution in [0.25, 0.3) is 11.3 Å². The van der Waals surface area contributed by atoms with E-state index in [1.54, 1.807) is 6.07 Å². The van der Waals surface area contributed by atoms with Crippen molar-refractivity contribution in [1.82, 2.24) is 20.4 Å². The first-order valence-corrected chi connectivity index (χ1v) is 8.88. The molecule has 0 saturated heterocycles. The van der Waals surface area contributed by atoms with Gasteiger partial charge in [-0.1, -0.05) is 18.2 Å². The summed E-state index contributed by atoms with van der Waals surface area (Å²) in [5.41, 5.74) is 3.00. The standard InChI is InChI=1S/C20H16F3N5O3/c1-11(29)14-4-2-3-13(18(14)21)8-26-28-19(30)16-10-24-9-15(27-16)12-5-6-17(25-7-12)31-20(22)23/h2-11,20,29H,1H3,(H,28,30)/b26-8+. The lowest BCUT2D eigenvalue weighted by molar-refractivity contribution is -0.0528. The van der Waals surface area contributed by atoms with Crippen LogP contribution in [0.2, 0.25) is 0 Å². The number of carbonyl (C=O) groups excluding carboxylic acids is 1. The molecule has 0 saturated carbocycles. The van der Waals surface area contributed by atoms with E-state index in [9.17, 15) is 23.1 Å². The average Bonchev–Trinajstić information content (AvgIpc) is 2.75. The molecular formula is C20H16F3N5O3. The van der Waals surface area contributed by atoms with Crippen molar-refractivity contribution in [3.8, 4) is 17.1 Å². The fourth-order valence-corrected chi connectivity index (χ4v) is 2.52. The Kier molecular flexibility index (Phi) is 6.88. The number of amides is 1. The van der Waals surface area contributed by atoms with E-state index in [1.807, 2.05) is 0 Å². The van der Waals surface area contributed by atoms with Crippen molar-refractivity contribution in [3.63, 3.8) is 0 Å². The van der Waals surface area contributed by atoms with Gasteiger partial charge in [0.15, 0.2) is 0 Å². The summed E-state index contributed by atoms with van der Waals surface area (Å²) >= 11 is 0. The van der Waals surface area contributed by atoms with Gasteiger partial charge in [-0.3, -0.25) is 9.78 Å². The third-order valence-corrected chi connectivity index (χ3v) is 3.99. The number of hydrogen-bond acceptors (Lipinski definition) is 7. The van der Waals surface area contributed by atoms with Gasteiger partial charge in [0, 0.05) is 29.0 Å². The summed E-state index contributed by atoms with van der Waals surface area (Å²) in [4.78, 5) is 24.1. The highest BCUT2D eigenvalue weighted by Gasteiger charge is 2.12. The minimum absolute atomic E-state index is 0.0794. The molecule has 1 amide bonds. The number of aromatic nitrogens is 3. The highest BCUT2D eigenvalue weighted by molar-refractivity contribution is 5.93. The summed E-state index contributed by atoms with van der Waals surface area (Å²) in [5, 5.41) is 13.3. The molecule has 160 valence electrons. The van der Waals surface area contributed by atoms with Crippen molar-refractivity contribution in [2.24, 2.45) is 5.10 Å². The number of rotatable bonds is 7. The third kappa shape index (κ3) is 5.60. The van der Waals surface area contributed by atoms with Crippen LogP contribution in [0.15, 0.2) is 54.0 Å². The van der Waals surface area contributed by atoms with E-state index in [0.29, 0.717) is 5.56 Å². The highest BCUT2D eigenvalue weighted by atomic mass is 19.3. The summed E-state index contributed by atoms with van der Waals surface area (Å²) in [6, 6.07) is 7.10. The Morgan fingerprint density at radius 1 is 1.23 bits per heavy atom. The van der Waals surface area contributed by atoms with Crippen molar-refractivity contribution in [2.45, 2.75) is 19.6 Å². The molecule has 1 atom stereocenters. The Bertz CT molecular complexity index is 1090. The van der Waals surface area contributed by atoms with Gasteiger partial charge in [0.05, 0.1) is 30.4 Å². The van der Waals surface area contributed by atoms with Crippen LogP contribution in [0, 0.1) is 5.82 Å². The van der Waals surface area contributed by atoms with Crippen LogP contribution >= 0.6 is 0 Å². The van der Waals surface area contributed by atoms with Crippen LogP contribution in [0.1, 0.15) is 34.6 Å². The Morgan fingerprint density at radius 2 is 2.03 bits per heavy atom. The number of nitrogens with zero attached hydrogens (tertiary/aromatic N) is 4. The molecule has 0 fully saturated rings. The van der Waals surface area contributed by atoms with E-state index in [1.165, 1.54) is 49.8 Å². The molecule has 0 radical (unpaired) electrons. The van der Waals surface area contributed by atoms with E-state index in [-0.39, 0.29) is 28.4 Å². The normalized spacial score (nSPS) is 12.2. The smallest absolute Gasteiger partial charge is 0.388 e. The molecule has 2 heterocycles. The minimum atomic E-state index is -2.99. The zero-order chi connectivity index (χ0) is 22.4. The zero-order valence-corrected chi connectivity index (χ0v) is 16.0. The molecule has 0 bridgehead atoms. The number of nitrogens with one attached hydrogen (secondary N) is 1. The van der Waals surface area contributed by atoms with E-state index in [4.69, 9.17) is 0 Å². The number of benzene rings is 1. The van der Waals surface area contributed by atoms with Crippen molar-refractivity contribution in [2.75, 3.05) is 0 Å². The molecule has 3 rings (SSSR count). The maximum atomic E-state index is 14.3. The SMILES string of the molecule is CC(O)c1cccc(/C=N/NC(=O)c2cncc(-c3ccc(OC(F)F)nc3)n2)c1F. The van der Waals surface area contributed by atoms with Gasteiger partial charge in [-0.05, 0) is 13.0 Å². The molecule has 2 N–H and O–H groups in total. The van der Waals surface area contributed by atoms with Gasteiger partial charge in [0.25, 0.3) is 5.91 Å². The Labute approximate surface area is 174 Å². The Balaban J connectivity index is 1.71. The number of alkyl halides is 2. The highest BCUT2D eigenvalue weighted by Crippen LogP contribution is 2.20. The Morgan fingerprint density at radius 3 is 2.71 bits per heavy atom. The van der Waals surface area contributed by atoms with Gasteiger partial charge >= 0.3 is 6.61 Å². The maximum Gasteiger partial charge on any atom is 0.388 e. The summed E-state index contributed by atoms with van der Waals surface area (Å²) in [6.07, 6.45) is 3.92. The first-order chi connectivity index (χ1) is 14.8. The number of pyridine rings is 1. The minimum Gasteiger partial charge on any atom is -0.417 e. The molecule has 31 heavy (non-hydrogen) atoms. The molecule has 0 spiro atoms. The summed E-state index contributed by atoms with van der Waals surface area (Å²) in [6.45, 7) is -1.56. The lowest BCUT2D eigenvalue weighted by atomic mass is 10.1. The van der Waals surface area contributed by atoms with E-state index in [2.05, 4.69) is 30.2 Å². The molecule has 1 aromatic carbocycles. The monoisotopic (exact) mass is 431 g/mol. The predicted molar refractivity (Wildman–Crippen MR) is 104 cm³/mol. The summed E-state index contributed by atoms with van der Waals surface area (Å²) in [5.74, 6) is -1.62. The maximum absolute atomic E-state index is 14.3. The first-order valence-electron chi connectivity index (χ1n) is 8.88. The van der Waals surface area contributed by atoms with E-state index >= 15 is 0 Å². The third-order valence-electron chi connectivity index (χ3n) is 3.99. The molecule has 2 aromatic heterocycles. The largest absolute Gasteiger partial charge is 0.417 e. The summed E-state index contributed by atoms with van der Waals surface area (Å²) < 4.78 is 42.8. The molecule has 8 nitrogen and oxygen atoms in total. The number of halogens is 3. The number of hydrazone groups is 1. The van der Waals surface area contributed by atoms with E-state index in [0.717, 1.165) is 6.21 Å². The second kappa shape index (κ2) is 9.76. The molecule has 1 unspecified atom stereocenters. The fraction of sp³-hybridized carbons (Fsp3) is 0.150. The van der Waals surface area contributed by atoms with Gasteiger partial charge in [-0.15, -0.1) is 0 Å². The second-order valence-corrected chi connectivity index (χ2v) is 6.18. The van der Waals surface area contributed by atoms with Crippen LogP contribution in [-0.4, -0.2) is 38.8 Å². The lowest BCUT2D eigenvalue weighted by Gasteiger charge is -2.07. The molecule has 3 aromatic rings. The Hall–Kier alpha value is -3.86. The molecule has 0 aliphatic heterocycles. The van der Waals surface area contributed by atoms with Crippen molar-refractivity contribution >= 4 is 12.1 Å². The number of aliphatic hydroxyl groups excluding tert-OH is 1. The quantitative estimate of drug-likeness (QED) is 0.440. The van der Waals surface area contributed by atoms with Gasteiger partial charge in [-0.25, -0.2) is 19.8 Å². The van der Waals surface area contributed by atoms with Crippen molar-refractivity contribution in [3.05, 3.63) is 71.6 Å². The molecular weight excluding hydrogens is 415 g/mol. The van der Waals surface area contributed by atoms with Gasteiger partial charge < -0.3 is 9.84 Å². The van der Waals surface area contributed by atoms with Crippen molar-refractivity contribution in [1.29, 1.82) is 0 Å². The number of aliphatic hydroxyl groups is 1. The number of ether oxygens (including phenoxy) is 1. The molecule has 11 heteroatoms. The number of hydrogen-bond donors (Lipinski definition) is 2. The van der Waals surface area contributed by atoms with Crippen LogP contribution in [-0.2, 0) is 0 Å². The predicted octanol–water partition coefficient (Wildman–Crippen LogP) is 3.10. The topological polar surface area (TPSA) is 110 Å². The van der Waals surface area contributed by atoms with Crippen LogP contribution < -0.4 is 10.2 Å². The second-order valence-electron chi connectivity index (χ2n) is 6.18. The van der Waals surface area contributed by atoms with E-state index < -0.39 is 24.4 Å².